The first-order valence-electron chi connectivity index (χ1n) is 10.1. The van der Waals surface area contributed by atoms with Crippen LogP contribution in [0.3, 0.4) is 0 Å². The molecule has 0 saturated carbocycles. The summed E-state index contributed by atoms with van der Waals surface area (Å²) in [6.07, 6.45) is -4.34. The zero-order chi connectivity index (χ0) is 21.7. The highest BCUT2D eigenvalue weighted by molar-refractivity contribution is 6.62. The van der Waals surface area contributed by atoms with Crippen molar-refractivity contribution in [1.82, 2.24) is 5.32 Å². The van der Waals surface area contributed by atoms with Crippen molar-refractivity contribution in [1.29, 1.82) is 0 Å². The molecule has 0 spiro atoms. The first-order chi connectivity index (χ1) is 14.0. The molecule has 0 atom stereocenters. The fraction of sp³-hybridized carbons (Fsp3) is 0.455. The van der Waals surface area contributed by atoms with Crippen LogP contribution in [0.25, 0.3) is 0 Å². The zero-order valence-corrected chi connectivity index (χ0v) is 17.6. The van der Waals surface area contributed by atoms with E-state index in [1.807, 2.05) is 44.7 Å². The Morgan fingerprint density at radius 1 is 0.967 bits per heavy atom. The van der Waals surface area contributed by atoms with E-state index in [9.17, 15) is 13.2 Å². The summed E-state index contributed by atoms with van der Waals surface area (Å²) in [5, 5.41) is 3.39. The number of hydrogen-bond donors (Lipinski definition) is 1. The van der Waals surface area contributed by atoms with Crippen molar-refractivity contribution < 1.29 is 22.5 Å². The molecule has 2 aliphatic rings. The SMILES string of the molecule is CC1(C)OB(c2ccc3c(c2)CNCCN3c2ccc(C(F)(F)F)cc2)OC1(C)C. The summed E-state index contributed by atoms with van der Waals surface area (Å²) in [5.74, 6) is 0. The molecule has 0 aromatic heterocycles. The maximum atomic E-state index is 12.9. The lowest BCUT2D eigenvalue weighted by molar-refractivity contribution is -0.137. The van der Waals surface area contributed by atoms with Gasteiger partial charge in [-0.1, -0.05) is 12.1 Å². The van der Waals surface area contributed by atoms with Gasteiger partial charge >= 0.3 is 13.3 Å². The number of anilines is 2. The van der Waals surface area contributed by atoms with Gasteiger partial charge in [0.2, 0.25) is 0 Å². The Labute approximate surface area is 175 Å². The third-order valence-electron chi connectivity index (χ3n) is 6.25. The van der Waals surface area contributed by atoms with Crippen molar-refractivity contribution in [2.24, 2.45) is 0 Å². The van der Waals surface area contributed by atoms with E-state index in [0.29, 0.717) is 13.1 Å². The smallest absolute Gasteiger partial charge is 0.399 e. The first kappa shape index (κ1) is 21.2. The number of hydrogen-bond acceptors (Lipinski definition) is 4. The van der Waals surface area contributed by atoms with Gasteiger partial charge in [0.15, 0.2) is 0 Å². The van der Waals surface area contributed by atoms with Crippen molar-refractivity contribution in [2.75, 3.05) is 18.0 Å². The number of halogens is 3. The predicted molar refractivity (Wildman–Crippen MR) is 112 cm³/mol. The summed E-state index contributed by atoms with van der Waals surface area (Å²) in [6.45, 7) is 10.1. The number of fused-ring (bicyclic) bond motifs is 1. The Morgan fingerprint density at radius 3 is 2.20 bits per heavy atom. The van der Waals surface area contributed by atoms with Crippen LogP contribution in [0, 0.1) is 0 Å². The van der Waals surface area contributed by atoms with Crippen molar-refractivity contribution in [2.45, 2.75) is 51.6 Å². The molecular formula is C22H26BF3N2O2. The van der Waals surface area contributed by atoms with Crippen molar-refractivity contribution in [3.8, 4) is 0 Å². The van der Waals surface area contributed by atoms with Crippen LogP contribution in [0.4, 0.5) is 24.5 Å². The lowest BCUT2D eigenvalue weighted by atomic mass is 9.78. The fourth-order valence-electron chi connectivity index (χ4n) is 3.77. The summed E-state index contributed by atoms with van der Waals surface area (Å²) in [4.78, 5) is 2.05. The monoisotopic (exact) mass is 418 g/mol. The fourth-order valence-corrected chi connectivity index (χ4v) is 3.77. The molecule has 0 bridgehead atoms. The first-order valence-corrected chi connectivity index (χ1v) is 10.1. The minimum Gasteiger partial charge on any atom is -0.399 e. The molecule has 160 valence electrons. The summed E-state index contributed by atoms with van der Waals surface area (Å²) < 4.78 is 51.1. The number of rotatable bonds is 2. The van der Waals surface area contributed by atoms with Gasteiger partial charge in [-0.05, 0) is 69.1 Å². The molecule has 2 heterocycles. The molecule has 1 fully saturated rings. The Kier molecular flexibility index (Phi) is 5.15. The molecule has 1 N–H and O–H groups in total. The molecule has 0 radical (unpaired) electrons. The average molecular weight is 418 g/mol. The van der Waals surface area contributed by atoms with Crippen LogP contribution in [-0.4, -0.2) is 31.4 Å². The zero-order valence-electron chi connectivity index (χ0n) is 17.6. The van der Waals surface area contributed by atoms with Gasteiger partial charge in [0.25, 0.3) is 0 Å². The van der Waals surface area contributed by atoms with Crippen molar-refractivity contribution in [3.63, 3.8) is 0 Å². The minimum atomic E-state index is -4.34. The third kappa shape index (κ3) is 3.84. The van der Waals surface area contributed by atoms with E-state index in [0.717, 1.165) is 41.1 Å². The van der Waals surface area contributed by atoms with E-state index in [4.69, 9.17) is 9.31 Å². The van der Waals surface area contributed by atoms with Gasteiger partial charge < -0.3 is 19.5 Å². The van der Waals surface area contributed by atoms with Gasteiger partial charge in [-0.25, -0.2) is 0 Å². The van der Waals surface area contributed by atoms with E-state index in [2.05, 4.69) is 11.4 Å². The second-order valence-electron chi connectivity index (χ2n) is 8.85. The second kappa shape index (κ2) is 7.29. The predicted octanol–water partition coefficient (Wildman–Crippen LogP) is 4.25. The molecule has 0 unspecified atom stereocenters. The molecule has 0 amide bonds. The Bertz CT molecular complexity index is 913. The van der Waals surface area contributed by atoms with E-state index < -0.39 is 30.1 Å². The maximum Gasteiger partial charge on any atom is 0.494 e. The van der Waals surface area contributed by atoms with Crippen molar-refractivity contribution >= 4 is 24.0 Å². The Morgan fingerprint density at radius 2 is 1.60 bits per heavy atom. The van der Waals surface area contributed by atoms with E-state index in [-0.39, 0.29) is 0 Å². The minimum absolute atomic E-state index is 0.422. The highest BCUT2D eigenvalue weighted by Gasteiger charge is 2.51. The van der Waals surface area contributed by atoms with Gasteiger partial charge in [-0.2, -0.15) is 13.2 Å². The molecule has 4 rings (SSSR count). The van der Waals surface area contributed by atoms with Crippen LogP contribution in [0.2, 0.25) is 0 Å². The van der Waals surface area contributed by atoms with Crippen LogP contribution in [0.5, 0.6) is 0 Å². The summed E-state index contributed by atoms with van der Waals surface area (Å²) in [6, 6.07) is 11.4. The van der Waals surface area contributed by atoms with Gasteiger partial charge in [0.05, 0.1) is 16.8 Å². The number of nitrogens with one attached hydrogen (secondary N) is 1. The van der Waals surface area contributed by atoms with Crippen LogP contribution in [0.15, 0.2) is 42.5 Å². The van der Waals surface area contributed by atoms with Crippen LogP contribution in [-0.2, 0) is 22.0 Å². The van der Waals surface area contributed by atoms with Gasteiger partial charge in [0, 0.05) is 31.0 Å². The molecule has 0 aliphatic carbocycles. The highest BCUT2D eigenvalue weighted by Crippen LogP contribution is 2.37. The Hall–Kier alpha value is -2.03. The van der Waals surface area contributed by atoms with Crippen LogP contribution in [0.1, 0.15) is 38.8 Å². The normalized spacial score (nSPS) is 20.8. The molecule has 4 nitrogen and oxygen atoms in total. The van der Waals surface area contributed by atoms with E-state index in [1.165, 1.54) is 12.1 Å². The lowest BCUT2D eigenvalue weighted by Gasteiger charge is -2.32. The molecule has 1 saturated heterocycles. The largest absolute Gasteiger partial charge is 0.494 e. The average Bonchev–Trinajstić information content (AvgIpc) is 2.81. The van der Waals surface area contributed by atoms with E-state index in [1.54, 1.807) is 0 Å². The molecule has 2 aliphatic heterocycles. The summed E-state index contributed by atoms with van der Waals surface area (Å²) >= 11 is 0. The van der Waals surface area contributed by atoms with Crippen molar-refractivity contribution in [3.05, 3.63) is 53.6 Å². The highest BCUT2D eigenvalue weighted by atomic mass is 19.4. The van der Waals surface area contributed by atoms with Gasteiger partial charge in [-0.3, -0.25) is 0 Å². The molecular weight excluding hydrogens is 392 g/mol. The maximum absolute atomic E-state index is 12.9. The van der Waals surface area contributed by atoms with Gasteiger partial charge in [0.1, 0.15) is 0 Å². The summed E-state index contributed by atoms with van der Waals surface area (Å²) in [7, 11) is -0.455. The molecule has 8 heteroatoms. The van der Waals surface area contributed by atoms with Crippen LogP contribution >= 0.6 is 0 Å². The topological polar surface area (TPSA) is 33.7 Å². The molecule has 2 aromatic carbocycles. The second-order valence-corrected chi connectivity index (χ2v) is 8.85. The quantitative estimate of drug-likeness (QED) is 0.740. The standard InChI is InChI=1S/C22H26BF3N2O2/c1-20(2)21(3,4)30-23(29-20)17-7-10-19-15(13-17)14-27-11-12-28(19)18-8-5-16(6-9-18)22(24,25)26/h5-10,13,27H,11-12,14H2,1-4H3. The van der Waals surface area contributed by atoms with E-state index >= 15 is 0 Å². The third-order valence-corrected chi connectivity index (χ3v) is 6.25. The number of benzene rings is 2. The summed E-state index contributed by atoms with van der Waals surface area (Å²) in [5.41, 5.74) is 2.21. The number of alkyl halides is 3. The lowest BCUT2D eigenvalue weighted by Crippen LogP contribution is -2.41. The molecule has 30 heavy (non-hydrogen) atoms. The van der Waals surface area contributed by atoms with Crippen LogP contribution < -0.4 is 15.7 Å². The molecule has 2 aromatic rings. The number of nitrogens with zero attached hydrogens (tertiary/aromatic N) is 1. The Balaban J connectivity index is 1.64. The van der Waals surface area contributed by atoms with Gasteiger partial charge in [-0.15, -0.1) is 0 Å².